The predicted molar refractivity (Wildman–Crippen MR) is 136 cm³/mol. The highest BCUT2D eigenvalue weighted by Gasteiger charge is 2.30. The third-order valence-electron chi connectivity index (χ3n) is 5.68. The Morgan fingerprint density at radius 3 is 2.32 bits per heavy atom. The molecule has 200 valence electrons. The zero-order valence-corrected chi connectivity index (χ0v) is 21.2. The molecule has 1 aliphatic rings. The standard InChI is InChI=1S/C25H27N5O7S/c31-21(24-28-22(29-37-24)19-9-5-2-6-10-19)15-26-23(32)20(27-25(33)30-11-13-36-14-12-30)17-38(34,35)16-18-7-3-1-4-8-18/h1-10,20H,11-17H2,(H,26,32)(H,27,33). The predicted octanol–water partition coefficient (Wildman–Crippen LogP) is 1.06. The number of nitrogens with zero attached hydrogens (tertiary/aromatic N) is 3. The fourth-order valence-corrected chi connectivity index (χ4v) is 5.30. The zero-order chi connectivity index (χ0) is 27.0. The first kappa shape index (κ1) is 26.9. The number of morpholine rings is 1. The van der Waals surface area contributed by atoms with Crippen LogP contribution < -0.4 is 10.6 Å². The third-order valence-corrected chi connectivity index (χ3v) is 7.30. The van der Waals surface area contributed by atoms with Crippen LogP contribution >= 0.6 is 0 Å². The van der Waals surface area contributed by atoms with Gasteiger partial charge in [-0.1, -0.05) is 65.8 Å². The van der Waals surface area contributed by atoms with E-state index < -0.39 is 45.9 Å². The molecule has 0 spiro atoms. The minimum absolute atomic E-state index is 0.211. The molecule has 1 aliphatic heterocycles. The average Bonchev–Trinajstić information content (AvgIpc) is 3.43. The Labute approximate surface area is 219 Å². The molecule has 12 nitrogen and oxygen atoms in total. The lowest BCUT2D eigenvalue weighted by Gasteiger charge is -2.29. The van der Waals surface area contributed by atoms with Crippen LogP contribution in [-0.4, -0.2) is 85.8 Å². The number of amides is 3. The van der Waals surface area contributed by atoms with Gasteiger partial charge in [0.25, 0.3) is 5.89 Å². The number of aromatic nitrogens is 2. The van der Waals surface area contributed by atoms with Crippen molar-refractivity contribution in [2.45, 2.75) is 11.8 Å². The summed E-state index contributed by atoms with van der Waals surface area (Å²) in [4.78, 5) is 43.8. The Bertz CT molecular complexity index is 1360. The molecule has 1 fully saturated rings. The number of benzene rings is 2. The van der Waals surface area contributed by atoms with Crippen LogP contribution in [0.2, 0.25) is 0 Å². The Balaban J connectivity index is 1.42. The molecule has 38 heavy (non-hydrogen) atoms. The zero-order valence-electron chi connectivity index (χ0n) is 20.4. The highest BCUT2D eigenvalue weighted by molar-refractivity contribution is 7.90. The fourth-order valence-electron chi connectivity index (χ4n) is 3.74. The second kappa shape index (κ2) is 12.4. The van der Waals surface area contributed by atoms with Gasteiger partial charge in [-0.15, -0.1) is 0 Å². The lowest BCUT2D eigenvalue weighted by atomic mass is 10.2. The van der Waals surface area contributed by atoms with E-state index in [0.717, 1.165) is 0 Å². The van der Waals surface area contributed by atoms with Crippen LogP contribution in [0.1, 0.15) is 16.2 Å². The van der Waals surface area contributed by atoms with E-state index >= 15 is 0 Å². The van der Waals surface area contributed by atoms with Crippen LogP contribution in [-0.2, 0) is 25.1 Å². The van der Waals surface area contributed by atoms with E-state index in [1.165, 1.54) is 4.90 Å². The highest BCUT2D eigenvalue weighted by atomic mass is 32.2. The number of carbonyl (C=O) groups excluding carboxylic acids is 3. The number of ether oxygens (including phenoxy) is 1. The molecule has 1 aromatic heterocycles. The summed E-state index contributed by atoms with van der Waals surface area (Å²) < 4.78 is 36.1. The number of nitrogens with one attached hydrogen (secondary N) is 2. The number of ketones is 1. The van der Waals surface area contributed by atoms with Gasteiger partial charge < -0.3 is 24.8 Å². The van der Waals surface area contributed by atoms with Gasteiger partial charge in [0.15, 0.2) is 9.84 Å². The van der Waals surface area contributed by atoms with E-state index in [1.54, 1.807) is 54.6 Å². The van der Waals surface area contributed by atoms with Crippen molar-refractivity contribution in [2.75, 3.05) is 38.6 Å². The van der Waals surface area contributed by atoms with Crippen LogP contribution in [0.4, 0.5) is 4.79 Å². The highest BCUT2D eigenvalue weighted by Crippen LogP contribution is 2.15. The summed E-state index contributed by atoms with van der Waals surface area (Å²) in [6.07, 6.45) is 0. The number of Topliss-reactive ketones (excluding diaryl/α,β-unsaturated/α-hetero) is 1. The molecule has 1 saturated heterocycles. The first-order chi connectivity index (χ1) is 18.3. The summed E-state index contributed by atoms with van der Waals surface area (Å²) in [5.74, 6) is -2.57. The van der Waals surface area contributed by atoms with E-state index in [-0.39, 0.29) is 17.5 Å². The lowest BCUT2D eigenvalue weighted by molar-refractivity contribution is -0.122. The molecule has 4 rings (SSSR count). The van der Waals surface area contributed by atoms with Crippen LogP contribution in [0.3, 0.4) is 0 Å². The Kier molecular flexibility index (Phi) is 8.81. The minimum Gasteiger partial charge on any atom is -0.378 e. The molecule has 0 saturated carbocycles. The minimum atomic E-state index is -3.82. The van der Waals surface area contributed by atoms with Gasteiger partial charge in [-0.2, -0.15) is 4.98 Å². The van der Waals surface area contributed by atoms with Crippen LogP contribution in [0.15, 0.2) is 65.2 Å². The normalized spacial score (nSPS) is 14.5. The van der Waals surface area contributed by atoms with Gasteiger partial charge in [0.05, 0.1) is 31.3 Å². The number of rotatable bonds is 10. The molecule has 3 amide bonds. The second-order valence-corrected chi connectivity index (χ2v) is 10.7. The fraction of sp³-hybridized carbons (Fsp3) is 0.320. The summed E-state index contributed by atoms with van der Waals surface area (Å²) in [5.41, 5.74) is 1.20. The molecule has 0 radical (unpaired) electrons. The molecule has 3 aromatic rings. The van der Waals surface area contributed by atoms with Gasteiger partial charge in [-0.25, -0.2) is 13.2 Å². The lowest BCUT2D eigenvalue weighted by Crippen LogP contribution is -2.56. The van der Waals surface area contributed by atoms with Crippen molar-refractivity contribution in [3.05, 3.63) is 72.1 Å². The van der Waals surface area contributed by atoms with Crippen molar-refractivity contribution < 1.29 is 32.1 Å². The maximum Gasteiger partial charge on any atom is 0.318 e. The summed E-state index contributed by atoms with van der Waals surface area (Å²) >= 11 is 0. The van der Waals surface area contributed by atoms with E-state index in [4.69, 9.17) is 9.26 Å². The molecular formula is C25H27N5O7S. The molecule has 2 heterocycles. The first-order valence-electron chi connectivity index (χ1n) is 11.9. The number of sulfone groups is 1. The second-order valence-electron chi connectivity index (χ2n) is 8.57. The quantitative estimate of drug-likeness (QED) is 0.358. The first-order valence-corrected chi connectivity index (χ1v) is 13.7. The van der Waals surface area contributed by atoms with E-state index in [1.807, 2.05) is 6.07 Å². The number of hydrogen-bond donors (Lipinski definition) is 2. The molecule has 2 N–H and O–H groups in total. The summed E-state index contributed by atoms with van der Waals surface area (Å²) in [6, 6.07) is 15.3. The summed E-state index contributed by atoms with van der Waals surface area (Å²) in [7, 11) is -3.82. The monoisotopic (exact) mass is 541 g/mol. The molecule has 2 aromatic carbocycles. The molecule has 1 atom stereocenters. The van der Waals surface area contributed by atoms with Gasteiger partial charge in [0.2, 0.25) is 17.5 Å². The Morgan fingerprint density at radius 1 is 0.974 bits per heavy atom. The van der Waals surface area contributed by atoms with Gasteiger partial charge in [0, 0.05) is 18.7 Å². The number of urea groups is 1. The van der Waals surface area contributed by atoms with Crippen molar-refractivity contribution in [1.82, 2.24) is 25.7 Å². The molecule has 1 unspecified atom stereocenters. The van der Waals surface area contributed by atoms with Crippen LogP contribution in [0.25, 0.3) is 11.4 Å². The smallest absolute Gasteiger partial charge is 0.318 e. The van der Waals surface area contributed by atoms with Crippen molar-refractivity contribution in [1.29, 1.82) is 0 Å². The van der Waals surface area contributed by atoms with Crippen molar-refractivity contribution in [3.63, 3.8) is 0 Å². The van der Waals surface area contributed by atoms with Crippen molar-refractivity contribution >= 4 is 27.6 Å². The Morgan fingerprint density at radius 2 is 1.63 bits per heavy atom. The number of carbonyl (C=O) groups is 3. The Hall–Kier alpha value is -4.10. The molecule has 0 aliphatic carbocycles. The van der Waals surface area contributed by atoms with Crippen LogP contribution in [0, 0.1) is 0 Å². The van der Waals surface area contributed by atoms with Gasteiger partial charge in [-0.05, 0) is 5.56 Å². The largest absolute Gasteiger partial charge is 0.378 e. The topological polar surface area (TPSA) is 161 Å². The average molecular weight is 542 g/mol. The van der Waals surface area contributed by atoms with Gasteiger partial charge >= 0.3 is 6.03 Å². The molecule has 13 heteroatoms. The number of hydrogen-bond acceptors (Lipinski definition) is 9. The SMILES string of the molecule is O=C(CNC(=O)C(CS(=O)(=O)Cc1ccccc1)NC(=O)N1CCOCC1)c1nc(-c2ccccc2)no1. The maximum absolute atomic E-state index is 13.0. The van der Waals surface area contributed by atoms with E-state index in [9.17, 15) is 22.8 Å². The maximum atomic E-state index is 13.0. The third kappa shape index (κ3) is 7.46. The van der Waals surface area contributed by atoms with E-state index in [0.29, 0.717) is 37.4 Å². The molecular weight excluding hydrogens is 514 g/mol. The van der Waals surface area contributed by atoms with Gasteiger partial charge in [-0.3, -0.25) is 9.59 Å². The molecule has 0 bridgehead atoms. The van der Waals surface area contributed by atoms with E-state index in [2.05, 4.69) is 20.8 Å². The van der Waals surface area contributed by atoms with Crippen LogP contribution in [0.5, 0.6) is 0 Å². The summed E-state index contributed by atoms with van der Waals surface area (Å²) in [5, 5.41) is 8.66. The van der Waals surface area contributed by atoms with Crippen molar-refractivity contribution in [2.24, 2.45) is 0 Å². The van der Waals surface area contributed by atoms with Gasteiger partial charge in [0.1, 0.15) is 6.04 Å². The van der Waals surface area contributed by atoms with Crippen molar-refractivity contribution in [3.8, 4) is 11.4 Å². The summed E-state index contributed by atoms with van der Waals surface area (Å²) in [6.45, 7) is 0.741.